The maximum absolute atomic E-state index is 12.0. The van der Waals surface area contributed by atoms with Gasteiger partial charge in [0.1, 0.15) is 0 Å². The van der Waals surface area contributed by atoms with Gasteiger partial charge in [0.25, 0.3) is 5.91 Å². The van der Waals surface area contributed by atoms with Crippen LogP contribution < -0.4 is 11.1 Å². The number of hydrogen-bond donors (Lipinski definition) is 3. The van der Waals surface area contributed by atoms with E-state index in [1.165, 1.54) is 6.20 Å². The van der Waals surface area contributed by atoms with Crippen molar-refractivity contribution in [2.45, 2.75) is 39.2 Å². The molecule has 90 valence electrons. The highest BCUT2D eigenvalue weighted by Gasteiger charge is 2.27. The van der Waals surface area contributed by atoms with Crippen LogP contribution in [-0.2, 0) is 0 Å². The molecular formula is C11H20N4O. The lowest BCUT2D eigenvalue weighted by Crippen LogP contribution is -2.52. The van der Waals surface area contributed by atoms with Crippen molar-refractivity contribution in [1.29, 1.82) is 0 Å². The Morgan fingerprint density at radius 2 is 2.19 bits per heavy atom. The first-order valence-corrected chi connectivity index (χ1v) is 5.61. The van der Waals surface area contributed by atoms with Gasteiger partial charge in [-0.15, -0.1) is 0 Å². The maximum atomic E-state index is 12.0. The summed E-state index contributed by atoms with van der Waals surface area (Å²) < 4.78 is 0. The average Bonchev–Trinajstić information content (AvgIpc) is 2.72. The monoisotopic (exact) mass is 224 g/mol. The molecule has 5 nitrogen and oxygen atoms in total. The molecule has 0 aromatic carbocycles. The highest BCUT2D eigenvalue weighted by molar-refractivity contribution is 5.95. The summed E-state index contributed by atoms with van der Waals surface area (Å²) >= 11 is 0. The van der Waals surface area contributed by atoms with Crippen molar-refractivity contribution < 1.29 is 4.79 Å². The predicted molar refractivity (Wildman–Crippen MR) is 63.2 cm³/mol. The van der Waals surface area contributed by atoms with E-state index in [0.29, 0.717) is 12.1 Å². The largest absolute Gasteiger partial charge is 0.345 e. The number of nitrogens with one attached hydrogen (secondary N) is 2. The fraction of sp³-hybridized carbons (Fsp3) is 0.636. The van der Waals surface area contributed by atoms with Crippen molar-refractivity contribution in [2.75, 3.05) is 6.54 Å². The van der Waals surface area contributed by atoms with Crippen LogP contribution in [0.25, 0.3) is 0 Å². The molecule has 1 rings (SSSR count). The van der Waals surface area contributed by atoms with E-state index >= 15 is 0 Å². The number of amides is 1. The van der Waals surface area contributed by atoms with Gasteiger partial charge in [-0.3, -0.25) is 9.89 Å². The fourth-order valence-corrected chi connectivity index (χ4v) is 1.65. The topological polar surface area (TPSA) is 83.8 Å². The molecule has 0 aliphatic carbocycles. The summed E-state index contributed by atoms with van der Waals surface area (Å²) in [5.74, 6) is -0.111. The summed E-state index contributed by atoms with van der Waals surface area (Å²) in [7, 11) is 0. The van der Waals surface area contributed by atoms with Crippen molar-refractivity contribution in [3.05, 3.63) is 17.5 Å². The molecule has 0 unspecified atom stereocenters. The highest BCUT2D eigenvalue weighted by atomic mass is 16.1. The standard InChI is InChI=1S/C11H20N4O/c1-4-11(5-2,7-12)14-10(16)9-6-13-15-8(9)3/h6H,4-5,7,12H2,1-3H3,(H,13,15)(H,14,16). The minimum absolute atomic E-state index is 0.111. The molecule has 0 aliphatic heterocycles. The van der Waals surface area contributed by atoms with Gasteiger partial charge in [-0.25, -0.2) is 0 Å². The Morgan fingerprint density at radius 1 is 1.56 bits per heavy atom. The fourth-order valence-electron chi connectivity index (χ4n) is 1.65. The van der Waals surface area contributed by atoms with E-state index in [1.54, 1.807) is 0 Å². The summed E-state index contributed by atoms with van der Waals surface area (Å²) in [4.78, 5) is 12.0. The molecule has 0 atom stereocenters. The number of H-pyrrole nitrogens is 1. The molecule has 0 spiro atoms. The number of carbonyl (C=O) groups excluding carboxylic acids is 1. The number of aryl methyl sites for hydroxylation is 1. The molecule has 5 heteroatoms. The molecule has 0 aliphatic rings. The number of nitrogens with zero attached hydrogens (tertiary/aromatic N) is 1. The van der Waals surface area contributed by atoms with Crippen LogP contribution in [0.2, 0.25) is 0 Å². The zero-order valence-electron chi connectivity index (χ0n) is 10.1. The first kappa shape index (κ1) is 12.7. The van der Waals surface area contributed by atoms with Crippen LogP contribution >= 0.6 is 0 Å². The van der Waals surface area contributed by atoms with Crippen LogP contribution in [0, 0.1) is 6.92 Å². The van der Waals surface area contributed by atoms with E-state index in [2.05, 4.69) is 15.5 Å². The lowest BCUT2D eigenvalue weighted by molar-refractivity contribution is 0.0894. The SMILES string of the molecule is CCC(CC)(CN)NC(=O)c1cn[nH]c1C. The Balaban J connectivity index is 2.81. The summed E-state index contributed by atoms with van der Waals surface area (Å²) in [6.07, 6.45) is 3.18. The van der Waals surface area contributed by atoms with Gasteiger partial charge in [0, 0.05) is 12.2 Å². The summed E-state index contributed by atoms with van der Waals surface area (Å²) in [5.41, 5.74) is 6.78. The quantitative estimate of drug-likeness (QED) is 0.696. The van der Waals surface area contributed by atoms with Crippen LogP contribution in [0.1, 0.15) is 42.7 Å². The van der Waals surface area contributed by atoms with Crippen molar-refractivity contribution in [3.8, 4) is 0 Å². The third-order valence-corrected chi connectivity index (χ3v) is 3.20. The van der Waals surface area contributed by atoms with E-state index < -0.39 is 0 Å². The van der Waals surface area contributed by atoms with Crippen LogP contribution in [0.15, 0.2) is 6.20 Å². The van der Waals surface area contributed by atoms with E-state index in [1.807, 2.05) is 20.8 Å². The Labute approximate surface area is 95.8 Å². The second kappa shape index (κ2) is 5.12. The normalized spacial score (nSPS) is 11.5. The van der Waals surface area contributed by atoms with E-state index in [9.17, 15) is 4.79 Å². The molecular weight excluding hydrogens is 204 g/mol. The summed E-state index contributed by atoms with van der Waals surface area (Å²) in [6.45, 7) is 6.32. The zero-order valence-corrected chi connectivity index (χ0v) is 10.1. The smallest absolute Gasteiger partial charge is 0.255 e. The van der Waals surface area contributed by atoms with Gasteiger partial charge in [-0.05, 0) is 19.8 Å². The van der Waals surface area contributed by atoms with Crippen molar-refractivity contribution >= 4 is 5.91 Å². The van der Waals surface area contributed by atoms with Crippen LogP contribution in [0.4, 0.5) is 0 Å². The van der Waals surface area contributed by atoms with Crippen LogP contribution in [-0.4, -0.2) is 28.2 Å². The molecule has 0 saturated carbocycles. The molecule has 0 saturated heterocycles. The lowest BCUT2D eigenvalue weighted by atomic mass is 9.92. The third kappa shape index (κ3) is 2.41. The molecule has 1 amide bonds. The molecule has 1 heterocycles. The van der Waals surface area contributed by atoms with Crippen LogP contribution in [0.3, 0.4) is 0 Å². The van der Waals surface area contributed by atoms with Crippen molar-refractivity contribution in [2.24, 2.45) is 5.73 Å². The number of aromatic nitrogens is 2. The highest BCUT2D eigenvalue weighted by Crippen LogP contribution is 2.15. The van der Waals surface area contributed by atoms with Gasteiger partial charge in [-0.1, -0.05) is 13.8 Å². The van der Waals surface area contributed by atoms with E-state index in [4.69, 9.17) is 5.73 Å². The van der Waals surface area contributed by atoms with Crippen LogP contribution in [0.5, 0.6) is 0 Å². The summed E-state index contributed by atoms with van der Waals surface area (Å²) in [5, 5.41) is 9.58. The second-order valence-electron chi connectivity index (χ2n) is 4.05. The van der Waals surface area contributed by atoms with Gasteiger partial charge < -0.3 is 11.1 Å². The lowest BCUT2D eigenvalue weighted by Gasteiger charge is -2.31. The predicted octanol–water partition coefficient (Wildman–Crippen LogP) is 0.965. The Morgan fingerprint density at radius 3 is 2.56 bits per heavy atom. The van der Waals surface area contributed by atoms with Gasteiger partial charge in [-0.2, -0.15) is 5.10 Å². The van der Waals surface area contributed by atoms with Crippen molar-refractivity contribution in [3.63, 3.8) is 0 Å². The first-order valence-electron chi connectivity index (χ1n) is 5.61. The van der Waals surface area contributed by atoms with E-state index in [-0.39, 0.29) is 11.4 Å². The zero-order chi connectivity index (χ0) is 12.2. The van der Waals surface area contributed by atoms with Gasteiger partial charge in [0.05, 0.1) is 17.3 Å². The van der Waals surface area contributed by atoms with Gasteiger partial charge in [0.15, 0.2) is 0 Å². The van der Waals surface area contributed by atoms with Crippen molar-refractivity contribution in [1.82, 2.24) is 15.5 Å². The molecule has 16 heavy (non-hydrogen) atoms. The number of aromatic amines is 1. The molecule has 1 aromatic rings. The number of nitrogens with two attached hydrogens (primary N) is 1. The third-order valence-electron chi connectivity index (χ3n) is 3.20. The number of hydrogen-bond acceptors (Lipinski definition) is 3. The van der Waals surface area contributed by atoms with Gasteiger partial charge in [0.2, 0.25) is 0 Å². The number of carbonyl (C=O) groups is 1. The molecule has 4 N–H and O–H groups in total. The molecule has 0 fully saturated rings. The minimum atomic E-state index is -0.305. The van der Waals surface area contributed by atoms with E-state index in [0.717, 1.165) is 18.5 Å². The Hall–Kier alpha value is -1.36. The van der Waals surface area contributed by atoms with Gasteiger partial charge >= 0.3 is 0 Å². The average molecular weight is 224 g/mol. The minimum Gasteiger partial charge on any atom is -0.345 e. The summed E-state index contributed by atoms with van der Waals surface area (Å²) in [6, 6.07) is 0. The molecule has 1 aromatic heterocycles. The first-order chi connectivity index (χ1) is 7.58. The molecule has 0 radical (unpaired) electrons. The Kier molecular flexibility index (Phi) is 4.06. The Bertz CT molecular complexity index is 346. The number of rotatable bonds is 5. The maximum Gasteiger partial charge on any atom is 0.255 e. The second-order valence-corrected chi connectivity index (χ2v) is 4.05. The molecule has 0 bridgehead atoms.